The molecule has 5 nitrogen and oxygen atoms in total. The maximum absolute atomic E-state index is 12.5. The van der Waals surface area contributed by atoms with E-state index < -0.39 is 6.10 Å². The van der Waals surface area contributed by atoms with Gasteiger partial charge < -0.3 is 15.4 Å². The van der Waals surface area contributed by atoms with Crippen LogP contribution in [0.25, 0.3) is 0 Å². The quantitative estimate of drug-likeness (QED) is 0.906. The van der Waals surface area contributed by atoms with Gasteiger partial charge in [0.1, 0.15) is 0 Å². The first kappa shape index (κ1) is 15.6. The summed E-state index contributed by atoms with van der Waals surface area (Å²) in [5.74, 6) is 0.0219. The summed E-state index contributed by atoms with van der Waals surface area (Å²) in [6.45, 7) is 3.63. The molecule has 1 aromatic heterocycles. The Morgan fingerprint density at radius 3 is 3.00 bits per heavy atom. The molecular weight excluding hydrogens is 312 g/mol. The smallest absolute Gasteiger partial charge is 0.265 e. The molecule has 2 atom stereocenters. The average molecular weight is 330 g/mol. The molecule has 0 fully saturated rings. The van der Waals surface area contributed by atoms with E-state index in [1.165, 1.54) is 5.56 Å². The molecule has 23 heavy (non-hydrogen) atoms. The standard InChI is InChI=1S/C17H18N2O3S/c1-10(8-12-6-7-23-9-12)18-17(21)13-4-3-5-14-15(13)22-11(2)16(20)19-14/h3-7,9-11H,8H2,1-2H3,(H,18,21)(H,19,20). The van der Waals surface area contributed by atoms with Gasteiger partial charge in [-0.3, -0.25) is 9.59 Å². The van der Waals surface area contributed by atoms with Crippen LogP contribution >= 0.6 is 11.3 Å². The highest BCUT2D eigenvalue weighted by Gasteiger charge is 2.27. The maximum Gasteiger partial charge on any atom is 0.265 e. The van der Waals surface area contributed by atoms with Gasteiger partial charge in [0.05, 0.1) is 11.3 Å². The van der Waals surface area contributed by atoms with Gasteiger partial charge in [0, 0.05) is 6.04 Å². The van der Waals surface area contributed by atoms with E-state index in [-0.39, 0.29) is 17.9 Å². The number of para-hydroxylation sites is 1. The van der Waals surface area contributed by atoms with Crippen LogP contribution in [0.4, 0.5) is 5.69 Å². The number of amides is 2. The number of hydrogen-bond donors (Lipinski definition) is 2. The topological polar surface area (TPSA) is 67.4 Å². The molecule has 2 aromatic rings. The molecule has 0 spiro atoms. The van der Waals surface area contributed by atoms with Gasteiger partial charge >= 0.3 is 0 Å². The zero-order valence-electron chi connectivity index (χ0n) is 13.0. The highest BCUT2D eigenvalue weighted by atomic mass is 32.1. The second-order valence-electron chi connectivity index (χ2n) is 5.64. The molecule has 0 saturated carbocycles. The van der Waals surface area contributed by atoms with Gasteiger partial charge in [0.2, 0.25) is 0 Å². The molecule has 1 aliphatic rings. The van der Waals surface area contributed by atoms with Crippen LogP contribution in [0.1, 0.15) is 29.8 Å². The molecule has 0 bridgehead atoms. The number of nitrogens with one attached hydrogen (secondary N) is 2. The number of fused-ring (bicyclic) bond motifs is 1. The molecule has 0 saturated heterocycles. The number of benzene rings is 1. The number of carbonyl (C=O) groups excluding carboxylic acids is 2. The lowest BCUT2D eigenvalue weighted by atomic mass is 10.1. The number of thiophene rings is 1. The van der Waals surface area contributed by atoms with Gasteiger partial charge in [-0.05, 0) is 54.8 Å². The van der Waals surface area contributed by atoms with Gasteiger partial charge in [-0.15, -0.1) is 0 Å². The number of ether oxygens (including phenoxy) is 1. The van der Waals surface area contributed by atoms with Gasteiger partial charge in [0.15, 0.2) is 11.9 Å². The fourth-order valence-electron chi connectivity index (χ4n) is 2.52. The van der Waals surface area contributed by atoms with E-state index in [2.05, 4.69) is 22.1 Å². The minimum atomic E-state index is -0.611. The lowest BCUT2D eigenvalue weighted by Crippen LogP contribution is -2.37. The summed E-state index contributed by atoms with van der Waals surface area (Å²) in [5, 5.41) is 9.84. The molecule has 3 rings (SSSR count). The second-order valence-corrected chi connectivity index (χ2v) is 6.42. The Labute approximate surface area is 138 Å². The monoisotopic (exact) mass is 330 g/mol. The molecule has 2 N–H and O–H groups in total. The number of carbonyl (C=O) groups is 2. The zero-order valence-corrected chi connectivity index (χ0v) is 13.8. The Kier molecular flexibility index (Phi) is 4.34. The molecule has 120 valence electrons. The van der Waals surface area contributed by atoms with Gasteiger partial charge in [-0.1, -0.05) is 6.07 Å². The van der Waals surface area contributed by atoms with Crippen molar-refractivity contribution < 1.29 is 14.3 Å². The minimum Gasteiger partial charge on any atom is -0.478 e. The molecule has 2 heterocycles. The summed E-state index contributed by atoms with van der Waals surface area (Å²) in [6.07, 6.45) is 0.165. The van der Waals surface area contributed by atoms with Crippen LogP contribution in [0.5, 0.6) is 5.75 Å². The Bertz CT molecular complexity index is 727. The van der Waals surface area contributed by atoms with Crippen molar-refractivity contribution in [1.82, 2.24) is 5.32 Å². The first-order chi connectivity index (χ1) is 11.0. The fraction of sp³-hybridized carbons (Fsp3) is 0.294. The molecule has 0 aliphatic carbocycles. The minimum absolute atomic E-state index is 0.00330. The fourth-order valence-corrected chi connectivity index (χ4v) is 3.20. The van der Waals surface area contributed by atoms with Crippen molar-refractivity contribution in [2.75, 3.05) is 5.32 Å². The summed E-state index contributed by atoms with van der Waals surface area (Å²) < 4.78 is 5.61. The van der Waals surface area contributed by atoms with Crippen LogP contribution in [0.15, 0.2) is 35.0 Å². The Balaban J connectivity index is 1.75. The lowest BCUT2D eigenvalue weighted by molar-refractivity contribution is -0.122. The number of anilines is 1. The van der Waals surface area contributed by atoms with E-state index in [1.807, 2.05) is 12.3 Å². The van der Waals surface area contributed by atoms with Gasteiger partial charge in [-0.2, -0.15) is 11.3 Å². The predicted octanol–water partition coefficient (Wildman–Crippen LogP) is 2.83. The highest BCUT2D eigenvalue weighted by molar-refractivity contribution is 7.07. The van der Waals surface area contributed by atoms with E-state index in [1.54, 1.807) is 36.5 Å². The van der Waals surface area contributed by atoms with E-state index in [9.17, 15) is 9.59 Å². The van der Waals surface area contributed by atoms with Crippen LogP contribution in [-0.2, 0) is 11.2 Å². The van der Waals surface area contributed by atoms with Crippen LogP contribution in [0.3, 0.4) is 0 Å². The van der Waals surface area contributed by atoms with E-state index in [0.29, 0.717) is 17.0 Å². The zero-order chi connectivity index (χ0) is 16.4. The third-order valence-corrected chi connectivity index (χ3v) is 4.41. The second kappa shape index (κ2) is 6.42. The first-order valence-electron chi connectivity index (χ1n) is 7.47. The highest BCUT2D eigenvalue weighted by Crippen LogP contribution is 2.33. The number of hydrogen-bond acceptors (Lipinski definition) is 4. The van der Waals surface area contributed by atoms with Gasteiger partial charge in [0.25, 0.3) is 11.8 Å². The summed E-state index contributed by atoms with van der Waals surface area (Å²) in [5.41, 5.74) is 2.17. The van der Waals surface area contributed by atoms with Crippen molar-refractivity contribution in [2.45, 2.75) is 32.4 Å². The average Bonchev–Trinajstić information content (AvgIpc) is 3.00. The van der Waals surface area contributed by atoms with Crippen molar-refractivity contribution >= 4 is 28.8 Å². The Hall–Kier alpha value is -2.34. The summed E-state index contributed by atoms with van der Waals surface area (Å²) >= 11 is 1.64. The lowest BCUT2D eigenvalue weighted by Gasteiger charge is -2.25. The van der Waals surface area contributed by atoms with Crippen LogP contribution in [0, 0.1) is 0 Å². The first-order valence-corrected chi connectivity index (χ1v) is 8.41. The maximum atomic E-state index is 12.5. The van der Waals surface area contributed by atoms with Crippen molar-refractivity contribution in [3.05, 3.63) is 46.2 Å². The normalized spacial score (nSPS) is 17.7. The summed E-state index contributed by atoms with van der Waals surface area (Å²) in [6, 6.07) is 7.22. The van der Waals surface area contributed by atoms with Crippen molar-refractivity contribution in [1.29, 1.82) is 0 Å². The molecule has 6 heteroatoms. The molecule has 0 radical (unpaired) electrons. The van der Waals surface area contributed by atoms with E-state index in [4.69, 9.17) is 4.74 Å². The van der Waals surface area contributed by atoms with Gasteiger partial charge in [-0.25, -0.2) is 0 Å². The Morgan fingerprint density at radius 2 is 2.26 bits per heavy atom. The largest absolute Gasteiger partial charge is 0.478 e. The van der Waals surface area contributed by atoms with Crippen molar-refractivity contribution in [3.8, 4) is 5.75 Å². The summed E-state index contributed by atoms with van der Waals surface area (Å²) in [7, 11) is 0. The molecule has 1 aromatic carbocycles. The molecule has 2 unspecified atom stereocenters. The van der Waals surface area contributed by atoms with Crippen LogP contribution in [0.2, 0.25) is 0 Å². The molecule has 2 amide bonds. The van der Waals surface area contributed by atoms with E-state index in [0.717, 1.165) is 6.42 Å². The van der Waals surface area contributed by atoms with Crippen LogP contribution in [-0.4, -0.2) is 24.0 Å². The SMILES string of the molecule is CC(Cc1ccsc1)NC(=O)c1cccc2c1OC(C)C(=O)N2. The number of rotatable bonds is 4. The third-order valence-electron chi connectivity index (χ3n) is 3.68. The molecule has 1 aliphatic heterocycles. The molecular formula is C17H18N2O3S. The van der Waals surface area contributed by atoms with Crippen molar-refractivity contribution in [2.24, 2.45) is 0 Å². The van der Waals surface area contributed by atoms with Crippen LogP contribution < -0.4 is 15.4 Å². The van der Waals surface area contributed by atoms with E-state index >= 15 is 0 Å². The summed E-state index contributed by atoms with van der Waals surface area (Å²) in [4.78, 5) is 24.2. The third kappa shape index (κ3) is 3.37. The Morgan fingerprint density at radius 1 is 1.43 bits per heavy atom. The van der Waals surface area contributed by atoms with Crippen molar-refractivity contribution in [3.63, 3.8) is 0 Å². The predicted molar refractivity (Wildman–Crippen MR) is 90.1 cm³/mol.